The third-order valence-corrected chi connectivity index (χ3v) is 4.37. The molecule has 0 aliphatic carbocycles. The Hall–Kier alpha value is -0.610. The molecule has 0 aromatic rings. The molecular weight excluding hydrogens is 228 g/mol. The van der Waals surface area contributed by atoms with E-state index in [9.17, 15) is 4.79 Å². The lowest BCUT2D eigenvalue weighted by Gasteiger charge is -2.42. The first-order chi connectivity index (χ1) is 8.49. The van der Waals surface area contributed by atoms with Crippen molar-refractivity contribution in [2.45, 2.75) is 58.1 Å². The standard InChI is InChI=1S/C14H26N2O2/c1-14(2)10-16(8-7-12(14)15)13(17)6-5-11-4-3-9-18-11/h11-12H,3-10,15H2,1-2H3. The van der Waals surface area contributed by atoms with E-state index in [0.717, 1.165) is 45.4 Å². The lowest BCUT2D eigenvalue weighted by Crippen LogP contribution is -2.54. The summed E-state index contributed by atoms with van der Waals surface area (Å²) < 4.78 is 5.56. The van der Waals surface area contributed by atoms with Crippen molar-refractivity contribution in [3.63, 3.8) is 0 Å². The van der Waals surface area contributed by atoms with Crippen molar-refractivity contribution in [1.82, 2.24) is 4.90 Å². The number of hydrogen-bond acceptors (Lipinski definition) is 3. The van der Waals surface area contributed by atoms with Gasteiger partial charge in [-0.1, -0.05) is 13.8 Å². The molecule has 2 heterocycles. The van der Waals surface area contributed by atoms with Gasteiger partial charge in [0.2, 0.25) is 5.91 Å². The normalized spacial score (nSPS) is 31.6. The number of carbonyl (C=O) groups excluding carboxylic acids is 1. The molecule has 2 rings (SSSR count). The molecule has 2 saturated heterocycles. The van der Waals surface area contributed by atoms with Crippen LogP contribution in [0.4, 0.5) is 0 Å². The Balaban J connectivity index is 1.78. The van der Waals surface area contributed by atoms with Gasteiger partial charge in [-0.15, -0.1) is 0 Å². The van der Waals surface area contributed by atoms with Gasteiger partial charge >= 0.3 is 0 Å². The summed E-state index contributed by atoms with van der Waals surface area (Å²) in [6.07, 6.45) is 4.99. The Bertz CT molecular complexity index is 298. The fourth-order valence-electron chi connectivity index (χ4n) is 2.90. The zero-order valence-corrected chi connectivity index (χ0v) is 11.7. The molecule has 0 aromatic heterocycles. The summed E-state index contributed by atoms with van der Waals surface area (Å²) >= 11 is 0. The number of nitrogens with zero attached hydrogens (tertiary/aromatic N) is 1. The first kappa shape index (κ1) is 13.8. The van der Waals surface area contributed by atoms with Gasteiger partial charge in [0.05, 0.1) is 6.10 Å². The van der Waals surface area contributed by atoms with Gasteiger partial charge in [-0.05, 0) is 31.1 Å². The largest absolute Gasteiger partial charge is 0.378 e. The molecule has 18 heavy (non-hydrogen) atoms. The van der Waals surface area contributed by atoms with Crippen LogP contribution < -0.4 is 5.73 Å². The maximum Gasteiger partial charge on any atom is 0.222 e. The van der Waals surface area contributed by atoms with E-state index in [2.05, 4.69) is 13.8 Å². The van der Waals surface area contributed by atoms with Crippen molar-refractivity contribution in [3.8, 4) is 0 Å². The smallest absolute Gasteiger partial charge is 0.222 e. The second kappa shape index (κ2) is 5.57. The van der Waals surface area contributed by atoms with E-state index in [1.807, 2.05) is 4.90 Å². The molecule has 0 spiro atoms. The molecule has 2 atom stereocenters. The Labute approximate surface area is 110 Å². The second-order valence-electron chi connectivity index (χ2n) is 6.37. The highest BCUT2D eigenvalue weighted by molar-refractivity contribution is 5.76. The van der Waals surface area contributed by atoms with Crippen LogP contribution in [-0.2, 0) is 9.53 Å². The van der Waals surface area contributed by atoms with Gasteiger partial charge in [-0.3, -0.25) is 4.79 Å². The predicted molar refractivity (Wildman–Crippen MR) is 71.2 cm³/mol. The molecule has 104 valence electrons. The molecule has 4 nitrogen and oxygen atoms in total. The topological polar surface area (TPSA) is 55.6 Å². The Morgan fingerprint density at radius 2 is 2.22 bits per heavy atom. The van der Waals surface area contributed by atoms with Crippen LogP contribution in [0.2, 0.25) is 0 Å². The van der Waals surface area contributed by atoms with E-state index in [-0.39, 0.29) is 17.4 Å². The first-order valence-electron chi connectivity index (χ1n) is 7.14. The summed E-state index contributed by atoms with van der Waals surface area (Å²) in [5.41, 5.74) is 6.13. The molecular formula is C14H26N2O2. The van der Waals surface area contributed by atoms with Crippen molar-refractivity contribution in [1.29, 1.82) is 0 Å². The third kappa shape index (κ3) is 3.23. The molecule has 0 saturated carbocycles. The lowest BCUT2D eigenvalue weighted by atomic mass is 9.79. The van der Waals surface area contributed by atoms with Gasteiger partial charge in [0.15, 0.2) is 0 Å². The second-order valence-corrected chi connectivity index (χ2v) is 6.37. The number of hydrogen-bond donors (Lipinski definition) is 1. The summed E-state index contributed by atoms with van der Waals surface area (Å²) in [4.78, 5) is 14.2. The first-order valence-corrected chi connectivity index (χ1v) is 7.14. The van der Waals surface area contributed by atoms with E-state index in [1.54, 1.807) is 0 Å². The highest BCUT2D eigenvalue weighted by Crippen LogP contribution is 2.28. The Morgan fingerprint density at radius 3 is 2.83 bits per heavy atom. The van der Waals surface area contributed by atoms with E-state index in [0.29, 0.717) is 12.5 Å². The van der Waals surface area contributed by atoms with E-state index in [1.165, 1.54) is 0 Å². The molecule has 2 N–H and O–H groups in total. The van der Waals surface area contributed by atoms with Gasteiger partial charge < -0.3 is 15.4 Å². The van der Waals surface area contributed by atoms with Crippen LogP contribution in [0.1, 0.15) is 46.0 Å². The summed E-state index contributed by atoms with van der Waals surface area (Å²) in [6, 6.07) is 0.208. The molecule has 0 aromatic carbocycles. The van der Waals surface area contributed by atoms with Crippen LogP contribution in [-0.4, -0.2) is 42.6 Å². The average molecular weight is 254 g/mol. The van der Waals surface area contributed by atoms with Crippen molar-refractivity contribution >= 4 is 5.91 Å². The van der Waals surface area contributed by atoms with Crippen LogP contribution in [0.5, 0.6) is 0 Å². The maximum absolute atomic E-state index is 12.2. The fraction of sp³-hybridized carbons (Fsp3) is 0.929. The quantitative estimate of drug-likeness (QED) is 0.831. The van der Waals surface area contributed by atoms with Crippen molar-refractivity contribution < 1.29 is 9.53 Å². The Morgan fingerprint density at radius 1 is 1.44 bits per heavy atom. The van der Waals surface area contributed by atoms with Crippen LogP contribution in [0.15, 0.2) is 0 Å². The van der Waals surface area contributed by atoms with Gasteiger partial charge in [0.25, 0.3) is 0 Å². The highest BCUT2D eigenvalue weighted by Gasteiger charge is 2.35. The van der Waals surface area contributed by atoms with E-state index in [4.69, 9.17) is 10.5 Å². The van der Waals surface area contributed by atoms with Crippen molar-refractivity contribution in [2.24, 2.45) is 11.1 Å². The lowest BCUT2D eigenvalue weighted by molar-refractivity contribution is -0.135. The molecule has 4 heteroatoms. The summed E-state index contributed by atoms with van der Waals surface area (Å²) in [5, 5.41) is 0. The number of ether oxygens (including phenoxy) is 1. The summed E-state index contributed by atoms with van der Waals surface area (Å²) in [5.74, 6) is 0.269. The van der Waals surface area contributed by atoms with Crippen molar-refractivity contribution in [2.75, 3.05) is 19.7 Å². The molecule has 0 bridgehead atoms. The van der Waals surface area contributed by atoms with Gasteiger partial charge in [-0.25, -0.2) is 0 Å². The van der Waals surface area contributed by atoms with Crippen LogP contribution in [0, 0.1) is 5.41 Å². The summed E-state index contributed by atoms with van der Waals surface area (Å²) in [6.45, 7) is 6.77. The number of nitrogens with two attached hydrogens (primary N) is 1. The molecule has 2 fully saturated rings. The number of rotatable bonds is 3. The van der Waals surface area contributed by atoms with Crippen molar-refractivity contribution in [3.05, 3.63) is 0 Å². The molecule has 0 radical (unpaired) electrons. The summed E-state index contributed by atoms with van der Waals surface area (Å²) in [7, 11) is 0. The highest BCUT2D eigenvalue weighted by atomic mass is 16.5. The van der Waals surface area contributed by atoms with Gasteiger partial charge in [0.1, 0.15) is 0 Å². The molecule has 2 unspecified atom stereocenters. The van der Waals surface area contributed by atoms with Crippen LogP contribution >= 0.6 is 0 Å². The van der Waals surface area contributed by atoms with Crippen LogP contribution in [0.3, 0.4) is 0 Å². The van der Waals surface area contributed by atoms with E-state index < -0.39 is 0 Å². The Kier molecular flexibility index (Phi) is 4.28. The maximum atomic E-state index is 12.2. The monoisotopic (exact) mass is 254 g/mol. The minimum absolute atomic E-state index is 0.0395. The number of likely N-dealkylation sites (tertiary alicyclic amines) is 1. The molecule has 2 aliphatic rings. The van der Waals surface area contributed by atoms with Gasteiger partial charge in [0, 0.05) is 32.2 Å². The molecule has 1 amide bonds. The van der Waals surface area contributed by atoms with Crippen LogP contribution in [0.25, 0.3) is 0 Å². The average Bonchev–Trinajstić information content (AvgIpc) is 2.82. The minimum Gasteiger partial charge on any atom is -0.378 e. The zero-order chi connectivity index (χ0) is 13.2. The fourth-order valence-corrected chi connectivity index (χ4v) is 2.90. The predicted octanol–water partition coefficient (Wildman–Crippen LogP) is 1.53. The minimum atomic E-state index is 0.0395. The zero-order valence-electron chi connectivity index (χ0n) is 11.7. The number of carbonyl (C=O) groups is 1. The number of piperidine rings is 1. The SMILES string of the molecule is CC1(C)CN(C(=O)CCC2CCCO2)CCC1N. The van der Waals surface area contributed by atoms with Gasteiger partial charge in [-0.2, -0.15) is 0 Å². The number of amides is 1. The third-order valence-electron chi connectivity index (χ3n) is 4.37. The van der Waals surface area contributed by atoms with E-state index >= 15 is 0 Å². The molecule has 2 aliphatic heterocycles.